The molecule has 0 aliphatic heterocycles. The van der Waals surface area contributed by atoms with Crippen molar-refractivity contribution in [3.63, 3.8) is 0 Å². The normalized spacial score (nSPS) is 11.9. The highest BCUT2D eigenvalue weighted by molar-refractivity contribution is 7.86. The van der Waals surface area contributed by atoms with Crippen LogP contribution in [0.25, 0.3) is 0 Å². The fraction of sp³-hybridized carbons (Fsp3) is 0.643. The summed E-state index contributed by atoms with van der Waals surface area (Å²) >= 11 is 0. The van der Waals surface area contributed by atoms with Crippen LogP contribution >= 0.6 is 0 Å². The SMILES string of the molecule is CC[13c]1[o+][13c](CC)[13c]([13CH3])c([13CH2][13CH3])[13c]1[13CH3].O=S(=O)([O-])C(F)(F)F. The Morgan fingerprint density at radius 1 is 0.955 bits per heavy atom. The van der Waals surface area contributed by atoms with Gasteiger partial charge in [-0.25, -0.2) is 12.8 Å². The van der Waals surface area contributed by atoms with Crippen molar-refractivity contribution < 1.29 is 30.6 Å². The minimum Gasteiger partial charge on any atom is -0.741 e. The van der Waals surface area contributed by atoms with Crippen molar-refractivity contribution in [2.75, 3.05) is 0 Å². The molecule has 0 atom stereocenters. The molecule has 0 aliphatic carbocycles. The van der Waals surface area contributed by atoms with E-state index in [1.54, 1.807) is 0 Å². The fourth-order valence-electron chi connectivity index (χ4n) is 2.12. The first kappa shape index (κ1) is 20.9. The van der Waals surface area contributed by atoms with Crippen LogP contribution in [0.4, 0.5) is 13.2 Å². The van der Waals surface area contributed by atoms with E-state index >= 15 is 0 Å². The average Bonchev–Trinajstić information content (AvgIpc) is 2.38. The molecule has 0 fully saturated rings. The highest BCUT2D eigenvalue weighted by atomic mass is 32.2. The van der Waals surface area contributed by atoms with Gasteiger partial charge in [-0.05, 0) is 25.8 Å². The summed E-state index contributed by atoms with van der Waals surface area (Å²) in [6.07, 6.45) is 3.09. The Hall–Kier alpha value is -1.15. The number of hydrogen-bond acceptors (Lipinski definition) is 3. The second-order valence-corrected chi connectivity index (χ2v) is 6.01. The Morgan fingerprint density at radius 2 is 1.27 bits per heavy atom. The molecule has 0 saturated carbocycles. The number of aryl methyl sites for hydroxylation is 2. The van der Waals surface area contributed by atoms with Gasteiger partial charge in [0.2, 0.25) is 0 Å². The average molecular weight is 350 g/mol. The van der Waals surface area contributed by atoms with E-state index in [1.807, 2.05) is 0 Å². The number of hydrogen-bond donors (Lipinski definition) is 0. The lowest BCUT2D eigenvalue weighted by atomic mass is 10.5. The van der Waals surface area contributed by atoms with Crippen LogP contribution in [0, 0.1) is 13.8 Å². The van der Waals surface area contributed by atoms with Crippen molar-refractivity contribution in [2.24, 2.45) is 0 Å². The molecule has 0 aromatic carbocycles. The van der Waals surface area contributed by atoms with Crippen LogP contribution in [0.3, 0.4) is 0 Å². The lowest BCUT2D eigenvalue weighted by molar-refractivity contribution is -0.0517. The van der Waals surface area contributed by atoms with Gasteiger partial charge >= 0.3 is 17.0 Å². The summed E-state index contributed by atoms with van der Waals surface area (Å²) < 4.78 is 64.8. The molecule has 0 saturated heterocycles. The van der Waals surface area contributed by atoms with Crippen LogP contribution in [0.2, 0.25) is 0 Å². The van der Waals surface area contributed by atoms with E-state index < -0.39 is 15.6 Å². The molecule has 0 spiro atoms. The molecule has 0 N–H and O–H groups in total. The van der Waals surface area contributed by atoms with E-state index in [9.17, 15) is 13.2 Å². The molecule has 0 unspecified atom stereocenters. The summed E-state index contributed by atoms with van der Waals surface area (Å²) in [5.74, 6) is 2.31. The van der Waals surface area contributed by atoms with Crippen molar-refractivity contribution in [2.45, 2.75) is 59.4 Å². The predicted molar refractivity (Wildman–Crippen MR) is 76.5 cm³/mol. The molecule has 0 radical (unpaired) electrons. The van der Waals surface area contributed by atoms with Gasteiger partial charge in [-0.3, -0.25) is 0 Å². The topological polar surface area (TPSA) is 68.5 Å². The van der Waals surface area contributed by atoms with Crippen LogP contribution in [-0.4, -0.2) is 18.5 Å². The zero-order valence-corrected chi connectivity index (χ0v) is 14.1. The van der Waals surface area contributed by atoms with Crippen molar-refractivity contribution >= 4 is 10.1 Å². The monoisotopic (exact) mass is 350 g/mol. The summed E-state index contributed by atoms with van der Waals surface area (Å²) in [6, 6.07) is 0. The predicted octanol–water partition coefficient (Wildman–Crippen LogP) is 3.92. The molecular formula is C14H21F3O4S. The van der Waals surface area contributed by atoms with E-state index in [0.29, 0.717) is 0 Å². The minimum atomic E-state index is -6.09. The number of halogens is 3. The van der Waals surface area contributed by atoms with Gasteiger partial charge in [0, 0.05) is 0 Å². The van der Waals surface area contributed by atoms with Crippen LogP contribution < -0.4 is 0 Å². The van der Waals surface area contributed by atoms with Crippen molar-refractivity contribution in [1.29, 1.82) is 0 Å². The molecule has 22 heavy (non-hydrogen) atoms. The zero-order chi connectivity index (χ0) is 17.7. The van der Waals surface area contributed by atoms with E-state index in [-0.39, 0.29) is 0 Å². The van der Waals surface area contributed by atoms with E-state index in [2.05, 4.69) is 34.6 Å². The largest absolute Gasteiger partial charge is 0.741 e. The lowest BCUT2D eigenvalue weighted by Crippen LogP contribution is -2.21. The molecular weight excluding hydrogens is 329 g/mol. The standard InChI is InChI=1S/C13H21O.CHF3O3S/c1-6-11-9(4)12(7-2)14-13(8-3)10(11)5;2-1(3,4)8(5,6)7/h6-8H2,1-5H3;(H,5,6,7)/q+1;/p-1/i1+1,4+1,5+1,6+1,9+1,10+1,12+1,13+1;. The van der Waals surface area contributed by atoms with Gasteiger partial charge in [-0.1, -0.05) is 20.8 Å². The van der Waals surface area contributed by atoms with Crippen LogP contribution in [0.5, 0.6) is 0 Å². The molecule has 1 rings (SSSR count). The maximum Gasteiger partial charge on any atom is 0.485 e. The van der Waals surface area contributed by atoms with E-state index in [4.69, 9.17) is 17.4 Å². The maximum atomic E-state index is 10.7. The Morgan fingerprint density at radius 3 is 1.45 bits per heavy atom. The van der Waals surface area contributed by atoms with E-state index in [1.165, 1.54) is 16.7 Å². The van der Waals surface area contributed by atoms with E-state index in [0.717, 1.165) is 30.8 Å². The molecule has 0 bridgehead atoms. The van der Waals surface area contributed by atoms with Crippen LogP contribution in [0.15, 0.2) is 4.42 Å². The fourth-order valence-corrected chi connectivity index (χ4v) is 2.12. The molecule has 1 aromatic heterocycles. The second kappa shape index (κ2) is 7.92. The van der Waals surface area contributed by atoms with Gasteiger partial charge in [-0.2, -0.15) is 13.2 Å². The summed E-state index contributed by atoms with van der Waals surface area (Å²) in [5.41, 5.74) is -1.47. The van der Waals surface area contributed by atoms with Crippen LogP contribution in [0.1, 0.15) is 49.0 Å². The molecule has 4 nitrogen and oxygen atoms in total. The number of alkyl halides is 3. The van der Waals surface area contributed by atoms with Gasteiger partial charge in [0.15, 0.2) is 10.1 Å². The lowest BCUT2D eigenvalue weighted by Gasteiger charge is -2.08. The molecule has 1 aromatic rings. The van der Waals surface area contributed by atoms with Crippen LogP contribution in [-0.2, 0) is 29.4 Å². The first-order valence-corrected chi connectivity index (χ1v) is 8.27. The Labute approximate surface area is 129 Å². The van der Waals surface area contributed by atoms with Crippen molar-refractivity contribution in [3.05, 3.63) is 28.2 Å². The molecule has 8 heteroatoms. The summed E-state index contributed by atoms with van der Waals surface area (Å²) in [7, 11) is -6.09. The Balaban J connectivity index is 0.000000472. The number of rotatable bonds is 3. The second-order valence-electron chi connectivity index (χ2n) is 4.64. The third-order valence-electron chi connectivity index (χ3n) is 3.27. The molecule has 1 heterocycles. The minimum absolute atomic E-state index is 0.992. The first-order valence-electron chi connectivity index (χ1n) is 6.86. The first-order chi connectivity index (χ1) is 9.90. The van der Waals surface area contributed by atoms with Gasteiger partial charge in [0.05, 0.1) is 24.0 Å². The Kier molecular flexibility index (Phi) is 7.50. The van der Waals surface area contributed by atoms with Gasteiger partial charge in [-0.15, -0.1) is 0 Å². The van der Waals surface area contributed by atoms with Crippen molar-refractivity contribution in [3.8, 4) is 0 Å². The molecule has 0 aliphatic rings. The summed E-state index contributed by atoms with van der Waals surface area (Å²) in [6.45, 7) is 10.9. The smallest absolute Gasteiger partial charge is 0.485 e. The Bertz CT molecular complexity index is 579. The molecule has 128 valence electrons. The van der Waals surface area contributed by atoms with Gasteiger partial charge in [0.1, 0.15) is 0 Å². The maximum absolute atomic E-state index is 10.7. The highest BCUT2D eigenvalue weighted by Crippen LogP contribution is 2.24. The molecule has 0 amide bonds. The highest BCUT2D eigenvalue weighted by Gasteiger charge is 2.36. The summed E-state index contributed by atoms with van der Waals surface area (Å²) in [4.78, 5) is 0. The summed E-state index contributed by atoms with van der Waals surface area (Å²) in [5, 5.41) is 0. The third-order valence-corrected chi connectivity index (χ3v) is 3.83. The van der Waals surface area contributed by atoms with Crippen molar-refractivity contribution in [1.82, 2.24) is 0 Å². The van der Waals surface area contributed by atoms with Gasteiger partial charge in [0.25, 0.3) is 0 Å². The van der Waals surface area contributed by atoms with Gasteiger partial charge < -0.3 is 4.55 Å². The zero-order valence-electron chi connectivity index (χ0n) is 13.3. The third kappa shape index (κ3) is 5.24. The quantitative estimate of drug-likeness (QED) is 0.359.